The number of carbonyl (C=O) groups excluding carboxylic acids is 1. The number of rotatable bonds is 7. The number of carbonyl (C=O) groups is 1. The molecule has 0 spiro atoms. The van der Waals surface area contributed by atoms with Crippen molar-refractivity contribution in [3.05, 3.63) is 64.7 Å². The molecule has 2 unspecified atom stereocenters. The van der Waals surface area contributed by atoms with E-state index in [0.717, 1.165) is 42.8 Å². The molecule has 27 heavy (non-hydrogen) atoms. The van der Waals surface area contributed by atoms with Crippen molar-refractivity contribution in [2.24, 2.45) is 5.92 Å². The maximum atomic E-state index is 12.6. The van der Waals surface area contributed by atoms with Gasteiger partial charge in [0.2, 0.25) is 5.91 Å². The molecule has 2 atom stereocenters. The van der Waals surface area contributed by atoms with Crippen molar-refractivity contribution in [2.45, 2.75) is 25.3 Å². The smallest absolute Gasteiger partial charge is 0.220 e. The predicted molar refractivity (Wildman–Crippen MR) is 112 cm³/mol. The monoisotopic (exact) mass is 408 g/mol. The van der Waals surface area contributed by atoms with Gasteiger partial charge in [-0.05, 0) is 61.2 Å². The number of amides is 1. The van der Waals surface area contributed by atoms with Crippen LogP contribution in [0.5, 0.6) is 5.75 Å². The molecule has 2 aromatic rings. The molecule has 4 nitrogen and oxygen atoms in total. The summed E-state index contributed by atoms with van der Waals surface area (Å²) < 4.78 is 5.24. The zero-order valence-corrected chi connectivity index (χ0v) is 17.0. The number of benzene rings is 2. The zero-order valence-electron chi connectivity index (χ0n) is 15.4. The minimum Gasteiger partial charge on any atom is -0.497 e. The fraction of sp³-hybridized carbons (Fsp3) is 0.381. The quantitative estimate of drug-likeness (QED) is 0.714. The second-order valence-electron chi connectivity index (χ2n) is 6.69. The number of ether oxygens (including phenoxy) is 1. The minimum atomic E-state index is -0.274. The zero-order chi connectivity index (χ0) is 18.4. The van der Waals surface area contributed by atoms with E-state index in [-0.39, 0.29) is 24.4 Å². The van der Waals surface area contributed by atoms with Crippen LogP contribution in [-0.4, -0.2) is 26.1 Å². The lowest BCUT2D eigenvalue weighted by atomic mass is 9.97. The van der Waals surface area contributed by atoms with Gasteiger partial charge in [0.1, 0.15) is 5.75 Å². The molecule has 1 aliphatic heterocycles. The van der Waals surface area contributed by atoms with Crippen LogP contribution in [0.3, 0.4) is 0 Å². The third-order valence-corrected chi connectivity index (χ3v) is 5.26. The van der Waals surface area contributed by atoms with Crippen molar-refractivity contribution in [3.8, 4) is 5.75 Å². The summed E-state index contributed by atoms with van der Waals surface area (Å²) in [5.41, 5.74) is 1.88. The molecule has 6 heteroatoms. The number of hydrogen-bond acceptors (Lipinski definition) is 3. The molecule has 1 amide bonds. The molecular formula is C21H26Cl2N2O2. The standard InChI is InChI=1S/C21H25ClN2O2.ClH/c1-26-17-9-7-16(8-10-17)21(18-4-2-3-5-19(18)22)24-20(25)11-6-15-12-13-23-14-15;/h2-5,7-10,15,21,23H,6,11-14H2,1H3,(H,24,25);1H. The predicted octanol–water partition coefficient (Wildman–Crippen LogP) is 4.37. The molecule has 0 radical (unpaired) electrons. The van der Waals surface area contributed by atoms with Crippen LogP contribution in [0.1, 0.15) is 36.4 Å². The van der Waals surface area contributed by atoms with Crippen LogP contribution in [0.2, 0.25) is 5.02 Å². The molecule has 146 valence electrons. The number of methoxy groups -OCH3 is 1. The highest BCUT2D eigenvalue weighted by atomic mass is 35.5. The van der Waals surface area contributed by atoms with Crippen LogP contribution in [0, 0.1) is 5.92 Å². The Hall–Kier alpha value is -1.75. The first kappa shape index (κ1) is 21.5. The van der Waals surface area contributed by atoms with Crippen LogP contribution in [0.25, 0.3) is 0 Å². The van der Waals surface area contributed by atoms with Gasteiger partial charge in [0.05, 0.1) is 13.2 Å². The van der Waals surface area contributed by atoms with E-state index in [9.17, 15) is 4.79 Å². The van der Waals surface area contributed by atoms with Gasteiger partial charge in [-0.2, -0.15) is 0 Å². The van der Waals surface area contributed by atoms with Gasteiger partial charge in [0, 0.05) is 11.4 Å². The largest absolute Gasteiger partial charge is 0.497 e. The fourth-order valence-electron chi connectivity index (χ4n) is 3.38. The maximum Gasteiger partial charge on any atom is 0.220 e. The highest BCUT2D eigenvalue weighted by Gasteiger charge is 2.21. The van der Waals surface area contributed by atoms with E-state index in [2.05, 4.69) is 10.6 Å². The van der Waals surface area contributed by atoms with Crippen molar-refractivity contribution in [1.29, 1.82) is 0 Å². The summed E-state index contributed by atoms with van der Waals surface area (Å²) in [5.74, 6) is 1.44. The summed E-state index contributed by atoms with van der Waals surface area (Å²) in [5, 5.41) is 7.16. The molecule has 0 saturated carbocycles. The Morgan fingerprint density at radius 2 is 2.00 bits per heavy atom. The van der Waals surface area contributed by atoms with Crippen molar-refractivity contribution >= 4 is 29.9 Å². The molecule has 1 saturated heterocycles. The molecule has 0 aromatic heterocycles. The Bertz CT molecular complexity index is 731. The van der Waals surface area contributed by atoms with Gasteiger partial charge in [-0.1, -0.05) is 41.9 Å². The molecule has 1 heterocycles. The summed E-state index contributed by atoms with van der Waals surface area (Å²) in [7, 11) is 1.64. The Morgan fingerprint density at radius 3 is 2.63 bits per heavy atom. The summed E-state index contributed by atoms with van der Waals surface area (Å²) in [4.78, 5) is 12.6. The Kier molecular flexibility index (Phi) is 8.42. The van der Waals surface area contributed by atoms with E-state index in [0.29, 0.717) is 17.4 Å². The van der Waals surface area contributed by atoms with Crippen LogP contribution in [-0.2, 0) is 4.79 Å². The van der Waals surface area contributed by atoms with E-state index >= 15 is 0 Å². The number of hydrogen-bond donors (Lipinski definition) is 2. The van der Waals surface area contributed by atoms with Crippen molar-refractivity contribution in [1.82, 2.24) is 10.6 Å². The molecule has 2 aromatic carbocycles. The normalized spacial score (nSPS) is 17.0. The molecule has 1 fully saturated rings. The van der Waals surface area contributed by atoms with E-state index in [1.807, 2.05) is 48.5 Å². The summed E-state index contributed by atoms with van der Waals surface area (Å²) in [6, 6.07) is 15.1. The van der Waals surface area contributed by atoms with Gasteiger partial charge in [-0.25, -0.2) is 0 Å². The van der Waals surface area contributed by atoms with Crippen LogP contribution in [0.4, 0.5) is 0 Å². The van der Waals surface area contributed by atoms with Gasteiger partial charge >= 0.3 is 0 Å². The molecule has 0 bridgehead atoms. The minimum absolute atomic E-state index is 0. The summed E-state index contributed by atoms with van der Waals surface area (Å²) in [6.45, 7) is 2.07. The van der Waals surface area contributed by atoms with Gasteiger partial charge in [-0.15, -0.1) is 12.4 Å². The van der Waals surface area contributed by atoms with Gasteiger partial charge in [-0.3, -0.25) is 4.79 Å². The average molecular weight is 409 g/mol. The van der Waals surface area contributed by atoms with E-state index < -0.39 is 0 Å². The lowest BCUT2D eigenvalue weighted by molar-refractivity contribution is -0.121. The average Bonchev–Trinajstić information content (AvgIpc) is 3.19. The Labute approximate surface area is 172 Å². The lowest BCUT2D eigenvalue weighted by Crippen LogP contribution is -2.29. The van der Waals surface area contributed by atoms with E-state index in [1.165, 1.54) is 0 Å². The maximum absolute atomic E-state index is 12.6. The third-order valence-electron chi connectivity index (χ3n) is 4.91. The van der Waals surface area contributed by atoms with Crippen molar-refractivity contribution in [3.63, 3.8) is 0 Å². The molecule has 3 rings (SSSR count). The third kappa shape index (κ3) is 5.86. The highest BCUT2D eigenvalue weighted by Crippen LogP contribution is 2.29. The summed E-state index contributed by atoms with van der Waals surface area (Å²) in [6.07, 6.45) is 2.60. The number of halogens is 2. The molecule has 1 aliphatic rings. The van der Waals surface area contributed by atoms with Gasteiger partial charge in [0.15, 0.2) is 0 Å². The molecule has 2 N–H and O–H groups in total. The van der Waals surface area contributed by atoms with Crippen molar-refractivity contribution < 1.29 is 9.53 Å². The second-order valence-corrected chi connectivity index (χ2v) is 7.10. The van der Waals surface area contributed by atoms with E-state index in [1.54, 1.807) is 7.11 Å². The molecule has 0 aliphatic carbocycles. The second kappa shape index (κ2) is 10.5. The first-order valence-electron chi connectivity index (χ1n) is 9.06. The van der Waals surface area contributed by atoms with Gasteiger partial charge < -0.3 is 15.4 Å². The van der Waals surface area contributed by atoms with Crippen LogP contribution in [0.15, 0.2) is 48.5 Å². The lowest BCUT2D eigenvalue weighted by Gasteiger charge is -2.21. The Balaban J connectivity index is 0.00000261. The van der Waals surface area contributed by atoms with Crippen molar-refractivity contribution in [2.75, 3.05) is 20.2 Å². The first-order valence-corrected chi connectivity index (χ1v) is 9.43. The SMILES string of the molecule is COc1ccc(C(NC(=O)CCC2CCNC2)c2ccccc2Cl)cc1.Cl. The van der Waals surface area contributed by atoms with Crippen LogP contribution >= 0.6 is 24.0 Å². The van der Waals surface area contributed by atoms with Crippen LogP contribution < -0.4 is 15.4 Å². The highest BCUT2D eigenvalue weighted by molar-refractivity contribution is 6.31. The first-order chi connectivity index (χ1) is 12.7. The van der Waals surface area contributed by atoms with Gasteiger partial charge in [0.25, 0.3) is 0 Å². The molecular weight excluding hydrogens is 383 g/mol. The Morgan fingerprint density at radius 1 is 1.26 bits per heavy atom. The number of nitrogens with one attached hydrogen (secondary N) is 2. The summed E-state index contributed by atoms with van der Waals surface area (Å²) >= 11 is 6.41. The fourth-order valence-corrected chi connectivity index (χ4v) is 3.62. The topological polar surface area (TPSA) is 50.4 Å². The van der Waals surface area contributed by atoms with E-state index in [4.69, 9.17) is 16.3 Å².